The zero-order valence-corrected chi connectivity index (χ0v) is 17.9. The first-order valence-corrected chi connectivity index (χ1v) is 11.0. The van der Waals surface area contributed by atoms with Crippen LogP contribution in [-0.2, 0) is 19.3 Å². The van der Waals surface area contributed by atoms with Crippen LogP contribution in [0.4, 0.5) is 0 Å². The Hall–Kier alpha value is -3.05. The number of halogens is 1. The molecule has 0 saturated carbocycles. The van der Waals surface area contributed by atoms with Gasteiger partial charge >= 0.3 is 0 Å². The predicted octanol–water partition coefficient (Wildman–Crippen LogP) is 6.11. The fourth-order valence-corrected chi connectivity index (χ4v) is 5.07. The van der Waals surface area contributed by atoms with Crippen LogP contribution in [0.25, 0.3) is 22.0 Å². The van der Waals surface area contributed by atoms with Crippen LogP contribution in [0.1, 0.15) is 41.5 Å². The van der Waals surface area contributed by atoms with Crippen molar-refractivity contribution in [1.29, 1.82) is 0 Å². The number of nitrogens with zero attached hydrogens (tertiary/aromatic N) is 2. The summed E-state index contributed by atoms with van der Waals surface area (Å²) in [7, 11) is 1.66. The number of pyridine rings is 1. The molecule has 1 aliphatic carbocycles. The van der Waals surface area contributed by atoms with Gasteiger partial charge in [0.15, 0.2) is 11.9 Å². The Labute approximate surface area is 184 Å². The molecule has 0 radical (unpaired) electrons. The molecule has 6 rings (SSSR count). The Kier molecular flexibility index (Phi) is 4.39. The Morgan fingerprint density at radius 2 is 1.97 bits per heavy atom. The standard InChI is InChI=1S/C25H21ClN2O3/c1-29-16-6-7-18-17(8-9-27-22(18)13-16)20-12-15(26)10-14-11-23(30-24(14)20)25-19-4-2-3-5-21(19)28-31-25/h6-10,12-13,23H,2-5,11H2,1H3/t23-/m1/s1. The maximum absolute atomic E-state index is 6.54. The average Bonchev–Trinajstić information content (AvgIpc) is 3.41. The molecule has 4 aromatic rings. The van der Waals surface area contributed by atoms with Crippen LogP contribution in [0.3, 0.4) is 0 Å². The van der Waals surface area contributed by atoms with Crippen molar-refractivity contribution in [2.45, 2.75) is 38.2 Å². The molecule has 2 aromatic heterocycles. The number of fused-ring (bicyclic) bond motifs is 3. The Morgan fingerprint density at radius 3 is 2.87 bits per heavy atom. The summed E-state index contributed by atoms with van der Waals surface area (Å²) in [4.78, 5) is 4.52. The molecule has 1 atom stereocenters. The molecule has 5 nitrogen and oxygen atoms in total. The fraction of sp³-hybridized carbons (Fsp3) is 0.280. The zero-order valence-electron chi connectivity index (χ0n) is 17.2. The van der Waals surface area contributed by atoms with Gasteiger partial charge in [0, 0.05) is 45.8 Å². The zero-order chi connectivity index (χ0) is 20.9. The second-order valence-corrected chi connectivity index (χ2v) is 8.61. The van der Waals surface area contributed by atoms with Crippen molar-refractivity contribution in [2.75, 3.05) is 7.11 Å². The highest BCUT2D eigenvalue weighted by Gasteiger charge is 2.34. The van der Waals surface area contributed by atoms with E-state index in [0.717, 1.165) is 69.8 Å². The normalized spacial score (nSPS) is 17.3. The molecular formula is C25H21ClN2O3. The van der Waals surface area contributed by atoms with Crippen molar-refractivity contribution >= 4 is 22.5 Å². The number of methoxy groups -OCH3 is 1. The van der Waals surface area contributed by atoms with E-state index in [-0.39, 0.29) is 6.10 Å². The quantitative estimate of drug-likeness (QED) is 0.391. The molecule has 0 spiro atoms. The van der Waals surface area contributed by atoms with Crippen molar-refractivity contribution in [1.82, 2.24) is 10.1 Å². The lowest BCUT2D eigenvalue weighted by Crippen LogP contribution is -2.08. The van der Waals surface area contributed by atoms with Gasteiger partial charge in [-0.2, -0.15) is 0 Å². The number of hydrogen-bond acceptors (Lipinski definition) is 5. The lowest BCUT2D eigenvalue weighted by Gasteiger charge is -2.15. The summed E-state index contributed by atoms with van der Waals surface area (Å²) in [5.74, 6) is 2.51. The van der Waals surface area contributed by atoms with Crippen molar-refractivity contribution in [3.63, 3.8) is 0 Å². The van der Waals surface area contributed by atoms with Crippen molar-refractivity contribution in [3.05, 3.63) is 70.2 Å². The molecular weight excluding hydrogens is 412 g/mol. The van der Waals surface area contributed by atoms with E-state index in [1.807, 2.05) is 42.6 Å². The molecule has 1 aliphatic heterocycles. The molecule has 0 bridgehead atoms. The molecule has 0 amide bonds. The van der Waals surface area contributed by atoms with Gasteiger partial charge < -0.3 is 14.0 Å². The summed E-state index contributed by atoms with van der Waals surface area (Å²) >= 11 is 6.54. The van der Waals surface area contributed by atoms with Gasteiger partial charge in [0.05, 0.1) is 18.3 Å². The first-order chi connectivity index (χ1) is 15.2. The van der Waals surface area contributed by atoms with Gasteiger partial charge in [-0.1, -0.05) is 16.8 Å². The molecule has 0 fully saturated rings. The van der Waals surface area contributed by atoms with Crippen LogP contribution in [0, 0.1) is 0 Å². The van der Waals surface area contributed by atoms with Crippen molar-refractivity contribution in [3.8, 4) is 22.6 Å². The van der Waals surface area contributed by atoms with Crippen LogP contribution in [0.2, 0.25) is 5.02 Å². The van der Waals surface area contributed by atoms with Gasteiger partial charge in [0.25, 0.3) is 0 Å². The van der Waals surface area contributed by atoms with E-state index < -0.39 is 0 Å². The average molecular weight is 433 g/mol. The molecule has 6 heteroatoms. The van der Waals surface area contributed by atoms with Gasteiger partial charge in [0.2, 0.25) is 0 Å². The second-order valence-electron chi connectivity index (χ2n) is 8.17. The van der Waals surface area contributed by atoms with E-state index in [9.17, 15) is 0 Å². The Morgan fingerprint density at radius 1 is 1.06 bits per heavy atom. The fourth-order valence-electron chi connectivity index (χ4n) is 4.83. The maximum atomic E-state index is 6.54. The van der Waals surface area contributed by atoms with Crippen molar-refractivity contribution < 1.29 is 14.0 Å². The smallest absolute Gasteiger partial charge is 0.181 e. The molecule has 156 valence electrons. The van der Waals surface area contributed by atoms with Gasteiger partial charge in [-0.05, 0) is 61.6 Å². The predicted molar refractivity (Wildman–Crippen MR) is 119 cm³/mol. The summed E-state index contributed by atoms with van der Waals surface area (Å²) in [5, 5.41) is 6.03. The minimum Gasteiger partial charge on any atom is -0.497 e. The Balaban J connectivity index is 1.45. The van der Waals surface area contributed by atoms with Gasteiger partial charge in [0.1, 0.15) is 11.5 Å². The number of ether oxygens (including phenoxy) is 2. The summed E-state index contributed by atoms with van der Waals surface area (Å²) < 4.78 is 17.6. The van der Waals surface area contributed by atoms with E-state index >= 15 is 0 Å². The number of rotatable bonds is 3. The molecule has 0 unspecified atom stereocenters. The first-order valence-electron chi connectivity index (χ1n) is 10.6. The minimum atomic E-state index is -0.172. The highest BCUT2D eigenvalue weighted by molar-refractivity contribution is 6.31. The third-order valence-electron chi connectivity index (χ3n) is 6.32. The van der Waals surface area contributed by atoms with Crippen molar-refractivity contribution in [2.24, 2.45) is 0 Å². The molecule has 0 N–H and O–H groups in total. The molecule has 3 heterocycles. The lowest BCUT2D eigenvalue weighted by atomic mass is 9.93. The molecule has 2 aromatic carbocycles. The van der Waals surface area contributed by atoms with Crippen LogP contribution in [0.5, 0.6) is 11.5 Å². The summed E-state index contributed by atoms with van der Waals surface area (Å²) in [5.41, 5.74) is 6.28. The number of hydrogen-bond donors (Lipinski definition) is 0. The van der Waals surface area contributed by atoms with Crippen LogP contribution in [-0.4, -0.2) is 17.3 Å². The van der Waals surface area contributed by atoms with Gasteiger partial charge in [-0.3, -0.25) is 4.98 Å². The lowest BCUT2D eigenvalue weighted by molar-refractivity contribution is 0.189. The second kappa shape index (κ2) is 7.27. The van der Waals surface area contributed by atoms with E-state index in [4.69, 9.17) is 25.6 Å². The maximum Gasteiger partial charge on any atom is 0.181 e. The van der Waals surface area contributed by atoms with E-state index in [0.29, 0.717) is 5.02 Å². The van der Waals surface area contributed by atoms with E-state index in [1.165, 1.54) is 18.4 Å². The molecule has 31 heavy (non-hydrogen) atoms. The Bertz CT molecular complexity index is 1310. The molecule has 2 aliphatic rings. The summed E-state index contributed by atoms with van der Waals surface area (Å²) in [6.07, 6.45) is 6.70. The first kappa shape index (κ1) is 18.7. The third-order valence-corrected chi connectivity index (χ3v) is 6.54. The van der Waals surface area contributed by atoms with Gasteiger partial charge in [-0.15, -0.1) is 0 Å². The molecule has 0 saturated heterocycles. The summed E-state index contributed by atoms with van der Waals surface area (Å²) in [6.45, 7) is 0. The van der Waals surface area contributed by atoms with Crippen LogP contribution < -0.4 is 9.47 Å². The SMILES string of the molecule is COc1ccc2c(-c3cc(Cl)cc4c3O[C@@H](c3onc5c3CCCC5)C4)ccnc2c1. The number of benzene rings is 2. The van der Waals surface area contributed by atoms with E-state index in [2.05, 4.69) is 10.1 Å². The summed E-state index contributed by atoms with van der Waals surface area (Å²) in [6, 6.07) is 11.9. The van der Waals surface area contributed by atoms with E-state index in [1.54, 1.807) is 7.11 Å². The third kappa shape index (κ3) is 3.07. The highest BCUT2D eigenvalue weighted by atomic mass is 35.5. The van der Waals surface area contributed by atoms with Crippen LogP contribution >= 0.6 is 11.6 Å². The van der Waals surface area contributed by atoms with Crippen LogP contribution in [0.15, 0.2) is 47.1 Å². The number of aromatic nitrogens is 2. The van der Waals surface area contributed by atoms with Gasteiger partial charge in [-0.25, -0.2) is 0 Å². The largest absolute Gasteiger partial charge is 0.497 e. The monoisotopic (exact) mass is 432 g/mol. The number of aryl methyl sites for hydroxylation is 1. The topological polar surface area (TPSA) is 57.4 Å². The minimum absolute atomic E-state index is 0.172. The highest BCUT2D eigenvalue weighted by Crippen LogP contribution is 2.47.